The number of cyclic esters (lactones) is 1. The van der Waals surface area contributed by atoms with Crippen LogP contribution in [0.25, 0.3) is 0 Å². The average molecular weight is 337 g/mol. The summed E-state index contributed by atoms with van der Waals surface area (Å²) < 4.78 is 11.5. The molecule has 6 nitrogen and oxygen atoms in total. The summed E-state index contributed by atoms with van der Waals surface area (Å²) in [4.78, 5) is 28.0. The van der Waals surface area contributed by atoms with Crippen LogP contribution in [0.5, 0.6) is 0 Å². The molecule has 1 N–H and O–H groups in total. The first-order valence-corrected chi connectivity index (χ1v) is 9.13. The minimum absolute atomic E-state index is 0.113. The Labute approximate surface area is 142 Å². The van der Waals surface area contributed by atoms with Crippen molar-refractivity contribution in [3.63, 3.8) is 0 Å². The van der Waals surface area contributed by atoms with Crippen molar-refractivity contribution in [1.82, 2.24) is 4.90 Å². The molecule has 0 aromatic carbocycles. The van der Waals surface area contributed by atoms with Crippen LogP contribution in [0.3, 0.4) is 0 Å². The van der Waals surface area contributed by atoms with E-state index in [9.17, 15) is 14.7 Å². The third-order valence-corrected chi connectivity index (χ3v) is 7.51. The van der Waals surface area contributed by atoms with E-state index in [1.807, 2.05) is 13.8 Å². The van der Waals surface area contributed by atoms with Gasteiger partial charge in [-0.3, -0.25) is 9.69 Å². The second-order valence-corrected chi connectivity index (χ2v) is 8.44. The highest BCUT2D eigenvalue weighted by Crippen LogP contribution is 2.54. The minimum atomic E-state index is -1.61. The lowest BCUT2D eigenvalue weighted by Crippen LogP contribution is -2.49. The molecule has 1 aliphatic carbocycles. The topological polar surface area (TPSA) is 76.1 Å². The van der Waals surface area contributed by atoms with E-state index in [4.69, 9.17) is 9.47 Å². The largest absolute Gasteiger partial charge is 0.465 e. The van der Waals surface area contributed by atoms with Gasteiger partial charge in [0.1, 0.15) is 6.10 Å². The van der Waals surface area contributed by atoms with Crippen LogP contribution in [0.15, 0.2) is 0 Å². The van der Waals surface area contributed by atoms with Crippen LogP contribution in [0.4, 0.5) is 0 Å². The molecule has 0 aromatic heterocycles. The number of carbonyl (C=O) groups is 2. The van der Waals surface area contributed by atoms with Crippen molar-refractivity contribution in [2.75, 3.05) is 19.7 Å². The predicted molar refractivity (Wildman–Crippen MR) is 84.9 cm³/mol. The van der Waals surface area contributed by atoms with E-state index in [1.54, 1.807) is 6.92 Å². The zero-order valence-corrected chi connectivity index (χ0v) is 14.7. The van der Waals surface area contributed by atoms with E-state index < -0.39 is 22.9 Å². The van der Waals surface area contributed by atoms with E-state index in [1.165, 1.54) is 0 Å². The molecular formula is C18H27NO5. The van der Waals surface area contributed by atoms with Gasteiger partial charge in [0.2, 0.25) is 0 Å². The molecule has 0 unspecified atom stereocenters. The fourth-order valence-electron chi connectivity index (χ4n) is 5.52. The van der Waals surface area contributed by atoms with Crippen LogP contribution in [0, 0.1) is 23.2 Å². The average Bonchev–Trinajstić information content (AvgIpc) is 3.16. The summed E-state index contributed by atoms with van der Waals surface area (Å²) in [6.07, 6.45) is 1.78. The van der Waals surface area contributed by atoms with Crippen LogP contribution < -0.4 is 0 Å². The third kappa shape index (κ3) is 1.96. The smallest absolute Gasteiger partial charge is 0.338 e. The quantitative estimate of drug-likeness (QED) is 0.664. The standard InChI is InChI=1S/C18H27NO5/c1-10-8-18(22)11(2)17(10,3)15(20)23-9-12-4-6-19-7-5-13(14(12)19)24-16(18)21/h10-14,22H,4-9H2,1-3H3/t10-,11+,12+,13+,14+,17-,18-/m0/s1. The summed E-state index contributed by atoms with van der Waals surface area (Å²) in [5.41, 5.74) is -2.48. The molecule has 134 valence electrons. The van der Waals surface area contributed by atoms with Gasteiger partial charge in [0.15, 0.2) is 5.60 Å². The molecule has 24 heavy (non-hydrogen) atoms. The molecule has 0 amide bonds. The number of esters is 2. The lowest BCUT2D eigenvalue weighted by atomic mass is 9.73. The second-order valence-electron chi connectivity index (χ2n) is 8.44. The van der Waals surface area contributed by atoms with Gasteiger partial charge < -0.3 is 14.6 Å². The molecular weight excluding hydrogens is 310 g/mol. The molecule has 6 heteroatoms. The molecule has 3 saturated heterocycles. The van der Waals surface area contributed by atoms with Gasteiger partial charge in [0, 0.05) is 18.4 Å². The first-order chi connectivity index (χ1) is 11.3. The summed E-state index contributed by atoms with van der Waals surface area (Å²) in [6, 6.07) is 0.113. The van der Waals surface area contributed by atoms with E-state index in [0.717, 1.165) is 25.9 Å². The lowest BCUT2D eigenvalue weighted by Gasteiger charge is -2.34. The van der Waals surface area contributed by atoms with Crippen LogP contribution in [-0.2, 0) is 19.1 Å². The highest BCUT2D eigenvalue weighted by Gasteiger charge is 2.65. The van der Waals surface area contributed by atoms with Crippen LogP contribution in [0.1, 0.15) is 40.0 Å². The molecule has 3 aliphatic heterocycles. The first-order valence-electron chi connectivity index (χ1n) is 9.13. The Morgan fingerprint density at radius 2 is 1.88 bits per heavy atom. The van der Waals surface area contributed by atoms with Gasteiger partial charge in [-0.2, -0.15) is 0 Å². The monoisotopic (exact) mass is 337 g/mol. The third-order valence-electron chi connectivity index (χ3n) is 7.51. The number of ether oxygens (including phenoxy) is 2. The predicted octanol–water partition coefficient (Wildman–Crippen LogP) is 0.962. The maximum atomic E-state index is 12.9. The number of nitrogens with zero attached hydrogens (tertiary/aromatic N) is 1. The van der Waals surface area contributed by atoms with Crippen LogP contribution in [-0.4, -0.2) is 59.4 Å². The molecule has 0 aromatic rings. The first kappa shape index (κ1) is 16.3. The number of hydrogen-bond donors (Lipinski definition) is 1. The maximum Gasteiger partial charge on any atom is 0.338 e. The summed E-state index contributed by atoms with van der Waals surface area (Å²) in [5, 5.41) is 11.1. The lowest BCUT2D eigenvalue weighted by molar-refractivity contribution is -0.178. The minimum Gasteiger partial charge on any atom is -0.465 e. The number of rotatable bonds is 0. The van der Waals surface area contributed by atoms with E-state index >= 15 is 0 Å². The fraction of sp³-hybridized carbons (Fsp3) is 0.889. The molecule has 3 heterocycles. The van der Waals surface area contributed by atoms with Crippen molar-refractivity contribution in [2.24, 2.45) is 23.2 Å². The van der Waals surface area contributed by atoms with Crippen LogP contribution >= 0.6 is 0 Å². The summed E-state index contributed by atoms with van der Waals surface area (Å²) in [5.74, 6) is -1.32. The number of hydrogen-bond acceptors (Lipinski definition) is 6. The Kier molecular flexibility index (Phi) is 3.52. The zero-order valence-electron chi connectivity index (χ0n) is 14.7. The molecule has 2 bridgehead atoms. The van der Waals surface area contributed by atoms with Crippen molar-refractivity contribution in [3.05, 3.63) is 0 Å². The van der Waals surface area contributed by atoms with Gasteiger partial charge >= 0.3 is 11.9 Å². The highest BCUT2D eigenvalue weighted by molar-refractivity contribution is 5.85. The SMILES string of the molecule is C[C@@H]1[C@@]2(C)C(=O)OC[C@H]3CCN4CC[C@@H](OC(=O)[C@]1(O)C[C@@H]2C)[C@@H]34. The number of fused-ring (bicyclic) bond motifs is 2. The normalized spacial score (nSPS) is 51.8. The Morgan fingerprint density at radius 3 is 2.62 bits per heavy atom. The van der Waals surface area contributed by atoms with Gasteiger partial charge in [0.25, 0.3) is 0 Å². The van der Waals surface area contributed by atoms with E-state index in [-0.39, 0.29) is 36.4 Å². The molecule has 1 saturated carbocycles. The zero-order chi connectivity index (χ0) is 17.3. The van der Waals surface area contributed by atoms with E-state index in [0.29, 0.717) is 6.61 Å². The maximum absolute atomic E-state index is 12.9. The molecule has 0 radical (unpaired) electrons. The molecule has 4 fully saturated rings. The Bertz CT molecular complexity index is 580. The molecule has 0 spiro atoms. The van der Waals surface area contributed by atoms with Gasteiger partial charge in [0.05, 0.1) is 18.1 Å². The second kappa shape index (κ2) is 5.18. The molecule has 4 aliphatic rings. The Morgan fingerprint density at radius 1 is 1.17 bits per heavy atom. The van der Waals surface area contributed by atoms with Crippen molar-refractivity contribution >= 4 is 11.9 Å². The Hall–Kier alpha value is -1.14. The van der Waals surface area contributed by atoms with Crippen molar-refractivity contribution in [1.29, 1.82) is 0 Å². The summed E-state index contributed by atoms with van der Waals surface area (Å²) in [7, 11) is 0. The summed E-state index contributed by atoms with van der Waals surface area (Å²) in [6.45, 7) is 7.72. The van der Waals surface area contributed by atoms with Crippen molar-refractivity contribution in [2.45, 2.75) is 57.8 Å². The van der Waals surface area contributed by atoms with Gasteiger partial charge in [-0.1, -0.05) is 13.8 Å². The van der Waals surface area contributed by atoms with Gasteiger partial charge in [-0.25, -0.2) is 4.79 Å². The summed E-state index contributed by atoms with van der Waals surface area (Å²) >= 11 is 0. The van der Waals surface area contributed by atoms with Gasteiger partial charge in [-0.05, 0) is 38.6 Å². The molecule has 4 rings (SSSR count). The number of carbonyl (C=O) groups excluding carboxylic acids is 2. The highest BCUT2D eigenvalue weighted by atomic mass is 16.6. The van der Waals surface area contributed by atoms with Crippen molar-refractivity contribution < 1.29 is 24.2 Å². The van der Waals surface area contributed by atoms with E-state index in [2.05, 4.69) is 4.90 Å². The molecule has 7 atom stereocenters. The van der Waals surface area contributed by atoms with Crippen molar-refractivity contribution in [3.8, 4) is 0 Å². The Balaban J connectivity index is 1.73. The fourth-order valence-corrected chi connectivity index (χ4v) is 5.52. The number of aliphatic hydroxyl groups is 1. The van der Waals surface area contributed by atoms with Gasteiger partial charge in [-0.15, -0.1) is 0 Å². The van der Waals surface area contributed by atoms with Crippen LogP contribution in [0.2, 0.25) is 0 Å².